The number of nitrogens with one attached hydrogen (secondary N) is 4. The second kappa shape index (κ2) is 10.1. The van der Waals surface area contributed by atoms with Crippen molar-refractivity contribution in [1.29, 1.82) is 0 Å². The van der Waals surface area contributed by atoms with E-state index in [1.54, 1.807) is 7.05 Å². The Labute approximate surface area is 170 Å². The van der Waals surface area contributed by atoms with E-state index in [1.807, 2.05) is 45.0 Å². The van der Waals surface area contributed by atoms with E-state index in [-0.39, 0.29) is 42.0 Å². The fraction of sp³-hybridized carbons (Fsp3) is 0.412. The van der Waals surface area contributed by atoms with Gasteiger partial charge in [0.2, 0.25) is 5.91 Å². The first-order valence-electron chi connectivity index (χ1n) is 8.07. The Balaban J connectivity index is 0.00000338. The molecule has 8 nitrogen and oxygen atoms in total. The monoisotopic (exact) mass is 471 g/mol. The smallest absolute Gasteiger partial charge is 0.239 e. The molecule has 9 heteroatoms. The number of amides is 1. The molecular formula is C17H26IN7O. The second-order valence-corrected chi connectivity index (χ2v) is 6.61. The highest BCUT2D eigenvalue weighted by Gasteiger charge is 2.13. The van der Waals surface area contributed by atoms with E-state index in [2.05, 4.69) is 36.1 Å². The highest BCUT2D eigenvalue weighted by atomic mass is 127. The summed E-state index contributed by atoms with van der Waals surface area (Å²) in [5.74, 6) is 1.21. The molecule has 0 fully saturated rings. The highest BCUT2D eigenvalue weighted by Crippen LogP contribution is 2.15. The van der Waals surface area contributed by atoms with Gasteiger partial charge in [-0.2, -0.15) is 5.10 Å². The molecule has 1 amide bonds. The number of H-pyrrole nitrogens is 1. The zero-order valence-corrected chi connectivity index (χ0v) is 17.8. The molecule has 0 radical (unpaired) electrons. The van der Waals surface area contributed by atoms with Crippen LogP contribution in [-0.4, -0.2) is 46.2 Å². The summed E-state index contributed by atoms with van der Waals surface area (Å²) in [4.78, 5) is 20.1. The van der Waals surface area contributed by atoms with Gasteiger partial charge >= 0.3 is 0 Å². The summed E-state index contributed by atoms with van der Waals surface area (Å²) >= 11 is 0. The largest absolute Gasteiger partial charge is 0.352 e. The summed E-state index contributed by atoms with van der Waals surface area (Å²) in [5, 5.41) is 15.8. The summed E-state index contributed by atoms with van der Waals surface area (Å²) < 4.78 is 0. The SMILES string of the molecule is CN=C(NCC(=O)NC(C)(C)C)NCc1cccc(-c2ncn[nH]2)c1.I. The molecule has 0 aliphatic rings. The van der Waals surface area contributed by atoms with Crippen LogP contribution in [0.3, 0.4) is 0 Å². The van der Waals surface area contributed by atoms with Crippen molar-refractivity contribution in [3.8, 4) is 11.4 Å². The lowest BCUT2D eigenvalue weighted by atomic mass is 10.1. The number of hydrogen-bond donors (Lipinski definition) is 4. The van der Waals surface area contributed by atoms with Crippen molar-refractivity contribution in [2.75, 3.05) is 13.6 Å². The van der Waals surface area contributed by atoms with Crippen LogP contribution in [0.1, 0.15) is 26.3 Å². The molecule has 0 spiro atoms. The van der Waals surface area contributed by atoms with Gasteiger partial charge in [-0.15, -0.1) is 24.0 Å². The number of carbonyl (C=O) groups is 1. The average molecular weight is 471 g/mol. The van der Waals surface area contributed by atoms with E-state index in [4.69, 9.17) is 0 Å². The third-order valence-corrected chi connectivity index (χ3v) is 3.23. The minimum atomic E-state index is -0.253. The number of aromatic nitrogens is 3. The molecule has 0 saturated heterocycles. The van der Waals surface area contributed by atoms with Crippen LogP contribution in [0.5, 0.6) is 0 Å². The number of nitrogens with zero attached hydrogens (tertiary/aromatic N) is 3. The van der Waals surface area contributed by atoms with Crippen molar-refractivity contribution in [1.82, 2.24) is 31.1 Å². The summed E-state index contributed by atoms with van der Waals surface area (Å²) in [5.41, 5.74) is 1.77. The average Bonchev–Trinajstić information content (AvgIpc) is 3.08. The van der Waals surface area contributed by atoms with Crippen LogP contribution in [0.15, 0.2) is 35.6 Å². The summed E-state index contributed by atoms with van der Waals surface area (Å²) in [7, 11) is 1.67. The lowest BCUT2D eigenvalue weighted by Gasteiger charge is -2.21. The molecule has 1 heterocycles. The summed E-state index contributed by atoms with van der Waals surface area (Å²) in [6, 6.07) is 7.95. The number of rotatable bonds is 5. The van der Waals surface area contributed by atoms with Gasteiger partial charge in [0.25, 0.3) is 0 Å². The minimum absolute atomic E-state index is 0. The maximum atomic E-state index is 11.9. The molecule has 0 unspecified atom stereocenters. The Kier molecular flexibility index (Phi) is 8.49. The first kappa shape index (κ1) is 21.9. The van der Waals surface area contributed by atoms with Gasteiger partial charge in [0.05, 0.1) is 6.54 Å². The topological polar surface area (TPSA) is 107 Å². The molecule has 0 aliphatic heterocycles. The maximum absolute atomic E-state index is 11.9. The molecule has 2 rings (SSSR count). The molecule has 142 valence electrons. The Hall–Kier alpha value is -2.17. The van der Waals surface area contributed by atoms with Gasteiger partial charge in [0.1, 0.15) is 6.33 Å². The molecule has 0 aliphatic carbocycles. The number of aliphatic imine (C=N–C) groups is 1. The van der Waals surface area contributed by atoms with Crippen molar-refractivity contribution in [2.24, 2.45) is 4.99 Å². The van der Waals surface area contributed by atoms with Gasteiger partial charge in [-0.1, -0.05) is 18.2 Å². The van der Waals surface area contributed by atoms with Crippen molar-refractivity contribution in [2.45, 2.75) is 32.9 Å². The minimum Gasteiger partial charge on any atom is -0.352 e. The van der Waals surface area contributed by atoms with Crippen molar-refractivity contribution in [3.63, 3.8) is 0 Å². The van der Waals surface area contributed by atoms with Gasteiger partial charge in [-0.25, -0.2) is 4.98 Å². The lowest BCUT2D eigenvalue weighted by Crippen LogP contribution is -2.48. The van der Waals surface area contributed by atoms with Gasteiger partial charge in [-0.05, 0) is 32.4 Å². The Morgan fingerprint density at radius 2 is 2.04 bits per heavy atom. The first-order chi connectivity index (χ1) is 11.9. The standard InChI is InChI=1S/C17H25N7O.HI/c1-17(2,3)23-14(25)10-20-16(18-4)19-9-12-6-5-7-13(8-12)15-21-11-22-24-15;/h5-8,11H,9-10H2,1-4H3,(H,23,25)(H2,18,19,20)(H,21,22,24);1H. The van der Waals surface area contributed by atoms with Crippen LogP contribution in [0.4, 0.5) is 0 Å². The molecular weight excluding hydrogens is 445 g/mol. The van der Waals surface area contributed by atoms with Crippen molar-refractivity contribution < 1.29 is 4.79 Å². The van der Waals surface area contributed by atoms with Gasteiger partial charge in [-0.3, -0.25) is 14.9 Å². The van der Waals surface area contributed by atoms with Crippen LogP contribution in [0.25, 0.3) is 11.4 Å². The molecule has 0 bridgehead atoms. The molecule has 4 N–H and O–H groups in total. The Morgan fingerprint density at radius 3 is 2.65 bits per heavy atom. The van der Waals surface area contributed by atoms with Crippen LogP contribution in [-0.2, 0) is 11.3 Å². The normalized spacial score (nSPS) is 11.5. The number of aromatic amines is 1. The quantitative estimate of drug-likeness (QED) is 0.302. The zero-order chi connectivity index (χ0) is 18.3. The molecule has 26 heavy (non-hydrogen) atoms. The predicted octanol–water partition coefficient (Wildman–Crippen LogP) is 1.67. The van der Waals surface area contributed by atoms with Crippen LogP contribution >= 0.6 is 24.0 Å². The van der Waals surface area contributed by atoms with Crippen LogP contribution < -0.4 is 16.0 Å². The maximum Gasteiger partial charge on any atom is 0.239 e. The number of halogens is 1. The van der Waals surface area contributed by atoms with Crippen LogP contribution in [0, 0.1) is 0 Å². The predicted molar refractivity (Wildman–Crippen MR) is 113 cm³/mol. The van der Waals surface area contributed by atoms with Crippen molar-refractivity contribution in [3.05, 3.63) is 36.2 Å². The molecule has 0 saturated carbocycles. The highest BCUT2D eigenvalue weighted by molar-refractivity contribution is 14.0. The van der Waals surface area contributed by atoms with E-state index < -0.39 is 0 Å². The van der Waals surface area contributed by atoms with E-state index in [0.717, 1.165) is 17.0 Å². The van der Waals surface area contributed by atoms with Gasteiger partial charge in [0, 0.05) is 24.7 Å². The second-order valence-electron chi connectivity index (χ2n) is 6.61. The summed E-state index contributed by atoms with van der Waals surface area (Å²) in [6.07, 6.45) is 1.48. The number of guanidine groups is 1. The molecule has 2 aromatic rings. The number of benzene rings is 1. The third-order valence-electron chi connectivity index (χ3n) is 3.23. The zero-order valence-electron chi connectivity index (χ0n) is 15.5. The van der Waals surface area contributed by atoms with Gasteiger partial charge in [0.15, 0.2) is 11.8 Å². The number of hydrogen-bond acceptors (Lipinski definition) is 4. The number of carbonyl (C=O) groups excluding carboxylic acids is 1. The van der Waals surface area contributed by atoms with E-state index in [1.165, 1.54) is 6.33 Å². The molecule has 1 aromatic carbocycles. The fourth-order valence-corrected chi connectivity index (χ4v) is 2.21. The van der Waals surface area contributed by atoms with E-state index in [9.17, 15) is 4.79 Å². The van der Waals surface area contributed by atoms with E-state index >= 15 is 0 Å². The lowest BCUT2D eigenvalue weighted by molar-refractivity contribution is -0.121. The van der Waals surface area contributed by atoms with Crippen molar-refractivity contribution >= 4 is 35.8 Å². The fourth-order valence-electron chi connectivity index (χ4n) is 2.21. The Bertz CT molecular complexity index is 723. The molecule has 1 aromatic heterocycles. The van der Waals surface area contributed by atoms with Gasteiger partial charge < -0.3 is 16.0 Å². The first-order valence-corrected chi connectivity index (χ1v) is 8.07. The third kappa shape index (κ3) is 7.38. The Morgan fingerprint density at radius 1 is 1.27 bits per heavy atom. The summed E-state index contributed by atoms with van der Waals surface area (Å²) in [6.45, 7) is 6.57. The van der Waals surface area contributed by atoms with Crippen LogP contribution in [0.2, 0.25) is 0 Å². The van der Waals surface area contributed by atoms with E-state index in [0.29, 0.717) is 12.5 Å². The molecule has 0 atom stereocenters.